The van der Waals surface area contributed by atoms with Gasteiger partial charge in [0.1, 0.15) is 11.8 Å². The smallest absolute Gasteiger partial charge is 0.182 e. The fourth-order valence-electron chi connectivity index (χ4n) is 1.82. The summed E-state index contributed by atoms with van der Waals surface area (Å²) in [7, 11) is 0. The Kier molecular flexibility index (Phi) is 1.62. The van der Waals surface area contributed by atoms with E-state index >= 15 is 0 Å². The van der Waals surface area contributed by atoms with Gasteiger partial charge >= 0.3 is 0 Å². The van der Waals surface area contributed by atoms with E-state index in [-0.39, 0.29) is 0 Å². The Balaban J connectivity index is 2.28. The van der Waals surface area contributed by atoms with Crippen LogP contribution in [0.3, 0.4) is 0 Å². The summed E-state index contributed by atoms with van der Waals surface area (Å²) in [5.74, 6) is 0.909. The summed E-state index contributed by atoms with van der Waals surface area (Å²) in [5.41, 5.74) is 1.82. The molecule has 0 spiro atoms. The maximum atomic E-state index is 4.25. The van der Waals surface area contributed by atoms with Gasteiger partial charge in [-0.1, -0.05) is 0 Å². The number of nitrogens with zero attached hydrogens (tertiary/aromatic N) is 4. The van der Waals surface area contributed by atoms with Crippen LogP contribution in [0.5, 0.6) is 0 Å². The van der Waals surface area contributed by atoms with Crippen molar-refractivity contribution >= 4 is 17.0 Å². The Morgan fingerprint density at radius 1 is 1.21 bits per heavy atom. The average molecular weight is 189 g/mol. The minimum atomic E-state index is 0.782. The van der Waals surface area contributed by atoms with E-state index in [0.29, 0.717) is 0 Å². The van der Waals surface area contributed by atoms with Gasteiger partial charge in [0.05, 0.1) is 6.33 Å². The van der Waals surface area contributed by atoms with E-state index in [4.69, 9.17) is 0 Å². The van der Waals surface area contributed by atoms with E-state index in [2.05, 4.69) is 24.8 Å². The zero-order valence-corrected chi connectivity index (χ0v) is 7.77. The summed E-state index contributed by atoms with van der Waals surface area (Å²) in [6.45, 7) is 2.00. The molecular weight excluding hydrogens is 178 g/mol. The molecule has 5 nitrogen and oxygen atoms in total. The predicted molar refractivity (Wildman–Crippen MR) is 53.0 cm³/mol. The molecule has 0 saturated carbocycles. The summed E-state index contributed by atoms with van der Waals surface area (Å²) in [4.78, 5) is 12.6. The van der Waals surface area contributed by atoms with Crippen LogP contribution in [0.2, 0.25) is 0 Å². The first-order chi connectivity index (χ1) is 6.95. The highest BCUT2D eigenvalue weighted by molar-refractivity contribution is 5.82. The fraction of sp³-hybridized carbons (Fsp3) is 0.444. The third kappa shape index (κ3) is 1.05. The number of hydrogen-bond acceptors (Lipinski definition) is 4. The normalized spacial score (nSPS) is 16.0. The van der Waals surface area contributed by atoms with Gasteiger partial charge in [-0.05, 0) is 12.8 Å². The van der Waals surface area contributed by atoms with Crippen molar-refractivity contribution in [1.82, 2.24) is 19.5 Å². The van der Waals surface area contributed by atoms with Crippen LogP contribution in [0.15, 0.2) is 12.7 Å². The van der Waals surface area contributed by atoms with E-state index in [1.54, 1.807) is 6.33 Å². The van der Waals surface area contributed by atoms with E-state index in [9.17, 15) is 0 Å². The van der Waals surface area contributed by atoms with E-state index in [1.807, 2.05) is 6.33 Å². The highest BCUT2D eigenvalue weighted by Crippen LogP contribution is 2.20. The highest BCUT2D eigenvalue weighted by Gasteiger charge is 2.11. The molecule has 3 rings (SSSR count). The maximum absolute atomic E-state index is 4.25. The fourth-order valence-corrected chi connectivity index (χ4v) is 1.82. The quantitative estimate of drug-likeness (QED) is 0.672. The van der Waals surface area contributed by atoms with Gasteiger partial charge in [0, 0.05) is 13.1 Å². The molecule has 1 N–H and O–H groups in total. The van der Waals surface area contributed by atoms with Crippen LogP contribution in [-0.4, -0.2) is 26.1 Å². The lowest BCUT2D eigenvalue weighted by atomic mass is 10.2. The lowest BCUT2D eigenvalue weighted by molar-refractivity contribution is 0.626. The molecule has 0 radical (unpaired) electrons. The molecule has 0 atom stereocenters. The second kappa shape index (κ2) is 2.94. The third-order valence-corrected chi connectivity index (χ3v) is 2.53. The van der Waals surface area contributed by atoms with Gasteiger partial charge in [-0.25, -0.2) is 15.0 Å². The first-order valence-electron chi connectivity index (χ1n) is 4.85. The molecule has 14 heavy (non-hydrogen) atoms. The number of aryl methyl sites for hydroxylation is 1. The Labute approximate surface area is 81.2 Å². The van der Waals surface area contributed by atoms with Crippen LogP contribution >= 0.6 is 0 Å². The second-order valence-corrected chi connectivity index (χ2v) is 3.47. The summed E-state index contributed by atoms with van der Waals surface area (Å²) in [6.07, 6.45) is 5.75. The largest absolute Gasteiger partial charge is 0.368 e. The first kappa shape index (κ1) is 7.73. The standard InChI is InChI=1S/C9H11N5/c1-2-4-14-6-13-9-7(14)8(10-3-1)11-5-12-9/h5-6H,1-4H2,(H,10,11,12). The van der Waals surface area contributed by atoms with E-state index in [1.165, 1.54) is 12.8 Å². The molecule has 0 aromatic carbocycles. The molecule has 3 heterocycles. The molecule has 0 amide bonds. The maximum Gasteiger partial charge on any atom is 0.182 e. The summed E-state index contributed by atoms with van der Waals surface area (Å²) in [5, 5.41) is 3.30. The van der Waals surface area contributed by atoms with Crippen molar-refractivity contribution < 1.29 is 0 Å². The van der Waals surface area contributed by atoms with Crippen LogP contribution < -0.4 is 5.32 Å². The van der Waals surface area contributed by atoms with Gasteiger partial charge in [-0.3, -0.25) is 0 Å². The molecule has 2 aromatic heterocycles. The molecule has 0 bridgehead atoms. The van der Waals surface area contributed by atoms with Crippen molar-refractivity contribution in [2.45, 2.75) is 19.4 Å². The summed E-state index contributed by atoms with van der Waals surface area (Å²) >= 11 is 0. The van der Waals surface area contributed by atoms with Crippen molar-refractivity contribution in [2.75, 3.05) is 11.9 Å². The van der Waals surface area contributed by atoms with Crippen molar-refractivity contribution in [2.24, 2.45) is 0 Å². The van der Waals surface area contributed by atoms with Crippen LogP contribution in [-0.2, 0) is 6.54 Å². The number of rotatable bonds is 0. The monoisotopic (exact) mass is 189 g/mol. The minimum Gasteiger partial charge on any atom is -0.368 e. The average Bonchev–Trinajstić information content (AvgIpc) is 2.57. The van der Waals surface area contributed by atoms with Gasteiger partial charge < -0.3 is 9.88 Å². The summed E-state index contributed by atoms with van der Waals surface area (Å²) < 4.78 is 2.12. The minimum absolute atomic E-state index is 0.782. The molecule has 72 valence electrons. The second-order valence-electron chi connectivity index (χ2n) is 3.47. The van der Waals surface area contributed by atoms with Crippen LogP contribution in [0.4, 0.5) is 5.82 Å². The van der Waals surface area contributed by atoms with Crippen LogP contribution in [0.25, 0.3) is 11.2 Å². The van der Waals surface area contributed by atoms with Gasteiger partial charge in [0.15, 0.2) is 11.5 Å². The van der Waals surface area contributed by atoms with Crippen LogP contribution in [0, 0.1) is 0 Å². The van der Waals surface area contributed by atoms with E-state index < -0.39 is 0 Å². The number of aromatic nitrogens is 4. The van der Waals surface area contributed by atoms with Gasteiger partial charge in [0.25, 0.3) is 0 Å². The SMILES string of the molecule is c1nc2c3c(n1)ncn3CCCCN2. The molecule has 2 aromatic rings. The van der Waals surface area contributed by atoms with Gasteiger partial charge in [0.2, 0.25) is 0 Å². The van der Waals surface area contributed by atoms with Gasteiger partial charge in [-0.15, -0.1) is 0 Å². The third-order valence-electron chi connectivity index (χ3n) is 2.53. The first-order valence-corrected chi connectivity index (χ1v) is 4.85. The lowest BCUT2D eigenvalue weighted by Crippen LogP contribution is -2.11. The van der Waals surface area contributed by atoms with E-state index in [0.717, 1.165) is 30.1 Å². The molecule has 0 aliphatic carbocycles. The Morgan fingerprint density at radius 3 is 3.21 bits per heavy atom. The van der Waals surface area contributed by atoms with Gasteiger partial charge in [-0.2, -0.15) is 0 Å². The molecule has 0 fully saturated rings. The lowest BCUT2D eigenvalue weighted by Gasteiger charge is -2.12. The zero-order chi connectivity index (χ0) is 9.38. The van der Waals surface area contributed by atoms with Crippen molar-refractivity contribution in [3.05, 3.63) is 12.7 Å². The molecule has 5 heteroatoms. The molecule has 1 aliphatic rings. The van der Waals surface area contributed by atoms with Crippen molar-refractivity contribution in [1.29, 1.82) is 0 Å². The summed E-state index contributed by atoms with van der Waals surface area (Å²) in [6, 6.07) is 0. The number of hydrogen-bond donors (Lipinski definition) is 1. The molecule has 0 unspecified atom stereocenters. The Morgan fingerprint density at radius 2 is 2.21 bits per heavy atom. The molecular formula is C9H11N5. The predicted octanol–water partition coefficient (Wildman–Crippen LogP) is 1.03. The topological polar surface area (TPSA) is 55.6 Å². The number of anilines is 1. The van der Waals surface area contributed by atoms with Crippen molar-refractivity contribution in [3.8, 4) is 0 Å². The Bertz CT molecular complexity index is 461. The number of imidazole rings is 1. The molecule has 0 saturated heterocycles. The van der Waals surface area contributed by atoms with Crippen LogP contribution in [0.1, 0.15) is 12.8 Å². The highest BCUT2D eigenvalue weighted by atomic mass is 15.1. The Hall–Kier alpha value is -1.65. The molecule has 1 aliphatic heterocycles. The number of nitrogens with one attached hydrogen (secondary N) is 1. The zero-order valence-electron chi connectivity index (χ0n) is 7.77. The van der Waals surface area contributed by atoms with Crippen molar-refractivity contribution in [3.63, 3.8) is 0 Å².